The van der Waals surface area contributed by atoms with Crippen LogP contribution in [0.3, 0.4) is 0 Å². The fourth-order valence-electron chi connectivity index (χ4n) is 5.05. The molecule has 2 N–H and O–H groups in total. The molecule has 0 saturated heterocycles. The highest BCUT2D eigenvalue weighted by molar-refractivity contribution is 5.96. The van der Waals surface area contributed by atoms with E-state index in [9.17, 15) is 19.8 Å². The number of carbonyl (C=O) groups is 2. The number of ketones is 2. The van der Waals surface area contributed by atoms with E-state index in [1.165, 1.54) is 12.5 Å². The predicted molar refractivity (Wildman–Crippen MR) is 186 cm³/mol. The highest BCUT2D eigenvalue weighted by atomic mass is 16.3. The predicted octanol–water partition coefficient (Wildman–Crippen LogP) is 8.97. The summed E-state index contributed by atoms with van der Waals surface area (Å²) in [6.45, 7) is 19.5. The van der Waals surface area contributed by atoms with E-state index < -0.39 is 6.10 Å². The largest absolute Gasteiger partial charge is 0.393 e. The zero-order valence-electron chi connectivity index (χ0n) is 28.7. The Morgan fingerprint density at radius 3 is 1.98 bits per heavy atom. The quantitative estimate of drug-likeness (QED) is 0.0960. The van der Waals surface area contributed by atoms with Crippen molar-refractivity contribution in [3.05, 3.63) is 105 Å². The van der Waals surface area contributed by atoms with E-state index in [-0.39, 0.29) is 29.5 Å². The molecule has 0 aromatic carbocycles. The van der Waals surface area contributed by atoms with Gasteiger partial charge < -0.3 is 10.2 Å². The lowest BCUT2D eigenvalue weighted by atomic mass is 9.72. The van der Waals surface area contributed by atoms with E-state index in [0.717, 1.165) is 39.9 Å². The molecule has 4 nitrogen and oxygen atoms in total. The van der Waals surface area contributed by atoms with Crippen LogP contribution in [0.15, 0.2) is 105 Å². The second-order valence-electron chi connectivity index (χ2n) is 12.9. The van der Waals surface area contributed by atoms with Gasteiger partial charge in [-0.25, -0.2) is 0 Å². The van der Waals surface area contributed by atoms with Gasteiger partial charge in [0.15, 0.2) is 5.78 Å². The summed E-state index contributed by atoms with van der Waals surface area (Å²) in [6.07, 6.45) is 21.1. The average Bonchev–Trinajstić information content (AvgIpc) is 2.89. The van der Waals surface area contributed by atoms with Crippen LogP contribution >= 0.6 is 0 Å². The van der Waals surface area contributed by atoms with Crippen LogP contribution in [0.1, 0.15) is 101 Å². The van der Waals surface area contributed by atoms with E-state index in [4.69, 9.17) is 0 Å². The summed E-state index contributed by atoms with van der Waals surface area (Å²) >= 11 is 0. The zero-order valence-corrected chi connectivity index (χ0v) is 28.7. The molecule has 0 heterocycles. The number of hydrogen-bond donors (Lipinski definition) is 2. The van der Waals surface area contributed by atoms with Crippen molar-refractivity contribution in [2.24, 2.45) is 5.41 Å². The second kappa shape index (κ2) is 19.0. The molecular weight excluding hydrogens is 544 g/mol. The molecule has 0 spiro atoms. The third-order valence-electron chi connectivity index (χ3n) is 7.67. The summed E-state index contributed by atoms with van der Waals surface area (Å²) in [5, 5.41) is 20.1. The molecule has 0 aromatic rings. The fourth-order valence-corrected chi connectivity index (χ4v) is 5.05. The van der Waals surface area contributed by atoms with Crippen molar-refractivity contribution in [1.29, 1.82) is 0 Å². The van der Waals surface area contributed by atoms with Crippen molar-refractivity contribution in [2.45, 2.75) is 114 Å². The Kier molecular flexibility index (Phi) is 16.6. The van der Waals surface area contributed by atoms with Gasteiger partial charge in [0.2, 0.25) is 0 Å². The summed E-state index contributed by atoms with van der Waals surface area (Å²) in [4.78, 5) is 23.8. The van der Waals surface area contributed by atoms with Crippen molar-refractivity contribution >= 4 is 11.6 Å². The molecule has 1 aliphatic rings. The minimum absolute atomic E-state index is 0.0414. The smallest absolute Gasteiger partial charge is 0.162 e. The Bertz CT molecular complexity index is 1380. The number of aliphatic hydroxyl groups excluding tert-OH is 2. The number of aliphatic hydroxyl groups is 2. The molecule has 0 aliphatic heterocycles. The van der Waals surface area contributed by atoms with Crippen molar-refractivity contribution in [3.63, 3.8) is 0 Å². The first kappa shape index (κ1) is 38.5. The van der Waals surface area contributed by atoms with Gasteiger partial charge in [-0.3, -0.25) is 9.59 Å². The van der Waals surface area contributed by atoms with E-state index in [1.54, 1.807) is 0 Å². The van der Waals surface area contributed by atoms with Gasteiger partial charge in [0.05, 0.1) is 12.2 Å². The molecule has 0 saturated carbocycles. The number of Topliss-reactive ketones (excluding diaryl/α,β-unsaturated/α-hetero) is 2. The highest BCUT2D eigenvalue weighted by Crippen LogP contribution is 2.39. The molecular formula is C40H54O4. The van der Waals surface area contributed by atoms with Crippen LogP contribution in [0, 0.1) is 17.3 Å². The van der Waals surface area contributed by atoms with Gasteiger partial charge in [-0.1, -0.05) is 114 Å². The first-order valence-corrected chi connectivity index (χ1v) is 15.5. The van der Waals surface area contributed by atoms with Gasteiger partial charge in [0, 0.05) is 23.8 Å². The van der Waals surface area contributed by atoms with Gasteiger partial charge >= 0.3 is 0 Å². The molecule has 0 amide bonds. The Balaban J connectivity index is 2.68. The Labute approximate surface area is 267 Å². The lowest BCUT2D eigenvalue weighted by Crippen LogP contribution is -2.28. The zero-order chi connectivity index (χ0) is 33.4. The summed E-state index contributed by atoms with van der Waals surface area (Å²) in [5.74, 6) is 6.64. The SMILES string of the molecule is CC(=O)CC(O)C/C(C)=C(\C)CC(=O)/C(C)=C/C=C/C(C)=C/C=C/C=C(C)/C=C/C=C(\C)C#CC1=C(C)C[C@@H](O)CC1(C)C. The molecule has 0 fully saturated rings. The molecule has 0 radical (unpaired) electrons. The van der Waals surface area contributed by atoms with Crippen LogP contribution in [-0.2, 0) is 9.59 Å². The van der Waals surface area contributed by atoms with Crippen LogP contribution in [0.25, 0.3) is 0 Å². The molecule has 0 aromatic heterocycles. The number of hydrogen-bond acceptors (Lipinski definition) is 4. The Morgan fingerprint density at radius 1 is 0.864 bits per heavy atom. The molecule has 4 heteroatoms. The first-order valence-electron chi connectivity index (χ1n) is 15.5. The maximum Gasteiger partial charge on any atom is 0.162 e. The van der Waals surface area contributed by atoms with E-state index in [2.05, 4.69) is 38.7 Å². The Morgan fingerprint density at radius 2 is 1.43 bits per heavy atom. The molecule has 1 rings (SSSR count). The minimum Gasteiger partial charge on any atom is -0.393 e. The fraction of sp³-hybridized carbons (Fsp3) is 0.450. The maximum absolute atomic E-state index is 12.6. The van der Waals surface area contributed by atoms with E-state index in [1.807, 2.05) is 96.2 Å². The maximum atomic E-state index is 12.6. The van der Waals surface area contributed by atoms with Crippen molar-refractivity contribution in [3.8, 4) is 11.8 Å². The molecule has 238 valence electrons. The number of allylic oxidation sites excluding steroid dienone is 16. The molecule has 1 aliphatic carbocycles. The topological polar surface area (TPSA) is 74.6 Å². The van der Waals surface area contributed by atoms with Gasteiger partial charge in [-0.15, -0.1) is 0 Å². The van der Waals surface area contributed by atoms with Crippen LogP contribution in [0.2, 0.25) is 0 Å². The second-order valence-corrected chi connectivity index (χ2v) is 12.9. The van der Waals surface area contributed by atoms with Crippen molar-refractivity contribution < 1.29 is 19.8 Å². The van der Waals surface area contributed by atoms with Crippen molar-refractivity contribution in [1.82, 2.24) is 0 Å². The third-order valence-corrected chi connectivity index (χ3v) is 7.67. The number of carbonyl (C=O) groups excluding carboxylic acids is 2. The molecule has 0 bridgehead atoms. The molecule has 44 heavy (non-hydrogen) atoms. The van der Waals surface area contributed by atoms with Crippen LogP contribution < -0.4 is 0 Å². The standard InChI is InChI=1S/C40H54O4/c1-28(17-13-18-30(3)21-22-38-34(7)24-37(43)27-40(38,9)10)15-11-12-16-29(2)19-14-20-31(4)39(44)25-33(6)32(5)23-36(42)26-35(8)41/h11-20,36-37,42-43H,23-27H2,1-10H3/b12-11+,17-13+,19-14+,28-15+,29-16+,30-18+,31-20+,33-32+/t36?,37-/m1/s1. The normalized spacial score (nSPS) is 19.9. The average molecular weight is 599 g/mol. The summed E-state index contributed by atoms with van der Waals surface area (Å²) in [5.41, 5.74) is 7.95. The van der Waals surface area contributed by atoms with Gasteiger partial charge in [0.1, 0.15) is 5.78 Å². The van der Waals surface area contributed by atoms with Crippen LogP contribution in [-0.4, -0.2) is 34.0 Å². The Hall–Kier alpha value is -3.52. The van der Waals surface area contributed by atoms with Gasteiger partial charge in [-0.2, -0.15) is 0 Å². The number of rotatable bonds is 13. The lowest BCUT2D eigenvalue weighted by Gasteiger charge is -2.34. The summed E-state index contributed by atoms with van der Waals surface area (Å²) < 4.78 is 0. The first-order chi connectivity index (χ1) is 20.5. The van der Waals surface area contributed by atoms with Crippen LogP contribution in [0.4, 0.5) is 0 Å². The van der Waals surface area contributed by atoms with Crippen LogP contribution in [0.5, 0.6) is 0 Å². The molecule has 1 unspecified atom stereocenters. The monoisotopic (exact) mass is 598 g/mol. The minimum atomic E-state index is -0.701. The third kappa shape index (κ3) is 15.3. The van der Waals surface area contributed by atoms with Gasteiger partial charge in [-0.05, 0) is 85.8 Å². The molecule has 2 atom stereocenters. The lowest BCUT2D eigenvalue weighted by molar-refractivity contribution is -0.119. The van der Waals surface area contributed by atoms with Crippen molar-refractivity contribution in [2.75, 3.05) is 0 Å². The summed E-state index contributed by atoms with van der Waals surface area (Å²) in [7, 11) is 0. The van der Waals surface area contributed by atoms with E-state index >= 15 is 0 Å². The summed E-state index contributed by atoms with van der Waals surface area (Å²) in [6, 6.07) is 0. The van der Waals surface area contributed by atoms with E-state index in [0.29, 0.717) is 24.8 Å². The highest BCUT2D eigenvalue weighted by Gasteiger charge is 2.32. The van der Waals surface area contributed by atoms with Gasteiger partial charge in [0.25, 0.3) is 0 Å².